The maximum absolute atomic E-state index is 12.8. The fourth-order valence-corrected chi connectivity index (χ4v) is 3.15. The molecule has 1 amide bonds. The van der Waals surface area contributed by atoms with E-state index in [1.807, 2.05) is 0 Å². The van der Waals surface area contributed by atoms with Gasteiger partial charge in [0.1, 0.15) is 0 Å². The van der Waals surface area contributed by atoms with Crippen LogP contribution in [0, 0.1) is 13.8 Å². The maximum atomic E-state index is 12.8. The van der Waals surface area contributed by atoms with Gasteiger partial charge in [0.2, 0.25) is 5.91 Å². The summed E-state index contributed by atoms with van der Waals surface area (Å²) in [6.45, 7) is 5.34. The number of H-pyrrole nitrogens is 1. The van der Waals surface area contributed by atoms with Crippen molar-refractivity contribution >= 4 is 34.9 Å². The second-order valence-electron chi connectivity index (χ2n) is 6.47. The van der Waals surface area contributed by atoms with E-state index >= 15 is 0 Å². The van der Waals surface area contributed by atoms with Crippen LogP contribution in [-0.2, 0) is 9.53 Å². The van der Waals surface area contributed by atoms with Crippen LogP contribution in [0.15, 0.2) is 24.3 Å². The van der Waals surface area contributed by atoms with Gasteiger partial charge in [0.05, 0.1) is 41.5 Å². The largest absolute Gasteiger partial charge is 0.462 e. The quantitative estimate of drug-likeness (QED) is 0.519. The summed E-state index contributed by atoms with van der Waals surface area (Å²) in [5, 5.41) is 3.15. The van der Waals surface area contributed by atoms with E-state index in [0.29, 0.717) is 27.7 Å². The summed E-state index contributed by atoms with van der Waals surface area (Å²) < 4.78 is 5.06. The third-order valence-electron chi connectivity index (χ3n) is 4.11. The number of ketones is 1. The first-order chi connectivity index (χ1) is 13.2. The smallest absolute Gasteiger partial charge is 0.340 e. The highest BCUT2D eigenvalue weighted by atomic mass is 35.5. The Bertz CT molecular complexity index is 892. The molecule has 0 saturated carbocycles. The summed E-state index contributed by atoms with van der Waals surface area (Å²) >= 11 is 6.03. The molecule has 8 heteroatoms. The van der Waals surface area contributed by atoms with Gasteiger partial charge >= 0.3 is 5.97 Å². The van der Waals surface area contributed by atoms with Crippen LogP contribution < -0.4 is 5.32 Å². The van der Waals surface area contributed by atoms with E-state index < -0.39 is 5.97 Å². The Morgan fingerprint density at radius 3 is 2.39 bits per heavy atom. The third-order valence-corrected chi connectivity index (χ3v) is 4.44. The second kappa shape index (κ2) is 9.52. The van der Waals surface area contributed by atoms with Gasteiger partial charge in [-0.15, -0.1) is 0 Å². The number of carbonyl (C=O) groups excluding carboxylic acids is 3. The van der Waals surface area contributed by atoms with Crippen molar-refractivity contribution < 1.29 is 19.1 Å². The summed E-state index contributed by atoms with van der Waals surface area (Å²) in [6.07, 6.45) is 0. The lowest BCUT2D eigenvalue weighted by molar-refractivity contribution is -0.116. The summed E-state index contributed by atoms with van der Waals surface area (Å²) in [7, 11) is 1.66. The van der Waals surface area contributed by atoms with Gasteiger partial charge in [-0.25, -0.2) is 4.79 Å². The molecule has 0 bridgehead atoms. The lowest BCUT2D eigenvalue weighted by Crippen LogP contribution is -2.34. The Kier molecular flexibility index (Phi) is 7.37. The number of aryl methyl sites for hydroxylation is 2. The minimum absolute atomic E-state index is 0.00580. The van der Waals surface area contributed by atoms with Crippen LogP contribution in [0.1, 0.15) is 39.0 Å². The van der Waals surface area contributed by atoms with Crippen molar-refractivity contribution in [3.8, 4) is 0 Å². The number of para-hydroxylation sites is 1. The van der Waals surface area contributed by atoms with Gasteiger partial charge in [-0.1, -0.05) is 23.7 Å². The van der Waals surface area contributed by atoms with Crippen molar-refractivity contribution in [2.75, 3.05) is 32.1 Å². The molecule has 0 unspecified atom stereocenters. The lowest BCUT2D eigenvalue weighted by Gasteiger charge is -2.16. The number of benzene rings is 1. The minimum Gasteiger partial charge on any atom is -0.462 e. The normalized spacial score (nSPS) is 10.8. The van der Waals surface area contributed by atoms with Crippen molar-refractivity contribution in [2.24, 2.45) is 0 Å². The van der Waals surface area contributed by atoms with Crippen LogP contribution in [-0.4, -0.2) is 54.3 Å². The molecule has 7 nitrogen and oxygen atoms in total. The number of esters is 1. The first kappa shape index (κ1) is 21.7. The molecule has 0 saturated heterocycles. The van der Waals surface area contributed by atoms with Crippen LogP contribution in [0.2, 0.25) is 5.02 Å². The highest BCUT2D eigenvalue weighted by Gasteiger charge is 2.26. The molecule has 0 spiro atoms. The first-order valence-corrected chi connectivity index (χ1v) is 9.24. The zero-order valence-corrected chi connectivity index (χ0v) is 17.1. The Labute approximate surface area is 169 Å². The number of ether oxygens (including phenoxy) is 1. The Morgan fingerprint density at radius 2 is 1.75 bits per heavy atom. The topological polar surface area (TPSA) is 91.5 Å². The highest BCUT2D eigenvalue weighted by Crippen LogP contribution is 2.21. The van der Waals surface area contributed by atoms with E-state index in [0.717, 1.165) is 0 Å². The molecule has 0 atom stereocenters. The molecule has 1 aromatic heterocycles. The minimum atomic E-state index is -0.535. The second-order valence-corrected chi connectivity index (χ2v) is 6.88. The summed E-state index contributed by atoms with van der Waals surface area (Å²) in [5.74, 6) is -1.10. The van der Waals surface area contributed by atoms with E-state index in [1.165, 1.54) is 0 Å². The average Bonchev–Trinajstić information content (AvgIpc) is 2.91. The molecule has 2 rings (SSSR count). The number of hydrogen-bond donors (Lipinski definition) is 2. The lowest BCUT2D eigenvalue weighted by atomic mass is 10.0. The molecule has 0 aliphatic carbocycles. The van der Waals surface area contributed by atoms with Crippen LogP contribution >= 0.6 is 11.6 Å². The zero-order valence-electron chi connectivity index (χ0n) is 16.4. The van der Waals surface area contributed by atoms with Crippen LogP contribution in [0.5, 0.6) is 0 Å². The SMILES string of the molecule is CCOC(=O)c1c(C)[nH]c(C)c1C(=O)CN(C)CC(=O)Nc1ccccc1Cl. The molecule has 2 N–H and O–H groups in total. The predicted molar refractivity (Wildman–Crippen MR) is 108 cm³/mol. The summed E-state index contributed by atoms with van der Waals surface area (Å²) in [6, 6.07) is 6.91. The van der Waals surface area contributed by atoms with Gasteiger partial charge in [0.25, 0.3) is 0 Å². The molecule has 0 radical (unpaired) electrons. The number of amides is 1. The number of halogens is 1. The number of nitrogens with zero attached hydrogens (tertiary/aromatic N) is 1. The molecule has 28 heavy (non-hydrogen) atoms. The summed E-state index contributed by atoms with van der Waals surface area (Å²) in [5.41, 5.74) is 2.24. The van der Waals surface area contributed by atoms with Crippen molar-refractivity contribution in [3.05, 3.63) is 51.8 Å². The van der Waals surface area contributed by atoms with Gasteiger partial charge in [-0.3, -0.25) is 14.5 Å². The van der Waals surface area contributed by atoms with Crippen LogP contribution in [0.25, 0.3) is 0 Å². The van der Waals surface area contributed by atoms with Crippen molar-refractivity contribution in [3.63, 3.8) is 0 Å². The predicted octanol–water partition coefficient (Wildman–Crippen LogP) is 3.21. The number of anilines is 1. The van der Waals surface area contributed by atoms with E-state index in [-0.39, 0.29) is 37.0 Å². The number of rotatable bonds is 8. The van der Waals surface area contributed by atoms with Crippen molar-refractivity contribution in [2.45, 2.75) is 20.8 Å². The molecule has 150 valence electrons. The van der Waals surface area contributed by atoms with Gasteiger partial charge in [-0.05, 0) is 40.0 Å². The average molecular weight is 406 g/mol. The van der Waals surface area contributed by atoms with Gasteiger partial charge in [0, 0.05) is 11.4 Å². The van der Waals surface area contributed by atoms with Gasteiger partial charge < -0.3 is 15.0 Å². The first-order valence-electron chi connectivity index (χ1n) is 8.87. The molecule has 1 heterocycles. The van der Waals surface area contributed by atoms with Crippen LogP contribution in [0.3, 0.4) is 0 Å². The number of Topliss-reactive ketones (excluding diaryl/α,β-unsaturated/α-hetero) is 1. The number of likely N-dealkylation sites (N-methyl/N-ethyl adjacent to an activating group) is 1. The Morgan fingerprint density at radius 1 is 1.11 bits per heavy atom. The molecule has 0 aliphatic rings. The van der Waals surface area contributed by atoms with E-state index in [9.17, 15) is 14.4 Å². The number of carbonyl (C=O) groups is 3. The van der Waals surface area contributed by atoms with Crippen molar-refractivity contribution in [1.29, 1.82) is 0 Å². The van der Waals surface area contributed by atoms with Gasteiger partial charge in [0.15, 0.2) is 5.78 Å². The molecule has 0 aliphatic heterocycles. The maximum Gasteiger partial charge on any atom is 0.340 e. The third kappa shape index (κ3) is 5.21. The van der Waals surface area contributed by atoms with E-state index in [4.69, 9.17) is 16.3 Å². The van der Waals surface area contributed by atoms with Crippen LogP contribution in [0.4, 0.5) is 5.69 Å². The standard InChI is InChI=1S/C20H24ClN3O4/c1-5-28-20(27)19-13(3)22-12(2)18(19)16(25)10-24(4)11-17(26)23-15-9-7-6-8-14(15)21/h6-9,22H,5,10-11H2,1-4H3,(H,23,26). The van der Waals surface area contributed by atoms with E-state index in [2.05, 4.69) is 10.3 Å². The molecule has 1 aromatic carbocycles. The monoisotopic (exact) mass is 405 g/mol. The molecule has 0 fully saturated rings. The number of aromatic nitrogens is 1. The fraction of sp³-hybridized carbons (Fsp3) is 0.350. The highest BCUT2D eigenvalue weighted by molar-refractivity contribution is 6.33. The fourth-order valence-electron chi connectivity index (χ4n) is 2.97. The Hall–Kier alpha value is -2.64. The number of hydrogen-bond acceptors (Lipinski definition) is 5. The Balaban J connectivity index is 2.05. The van der Waals surface area contributed by atoms with E-state index in [1.54, 1.807) is 57.0 Å². The molecule has 2 aromatic rings. The molecular formula is C20H24ClN3O4. The molecular weight excluding hydrogens is 382 g/mol. The number of aromatic amines is 1. The van der Waals surface area contributed by atoms with Gasteiger partial charge in [-0.2, -0.15) is 0 Å². The van der Waals surface area contributed by atoms with Crippen molar-refractivity contribution in [1.82, 2.24) is 9.88 Å². The zero-order chi connectivity index (χ0) is 20.8. The number of nitrogens with one attached hydrogen (secondary N) is 2. The summed E-state index contributed by atoms with van der Waals surface area (Å²) in [4.78, 5) is 41.8.